The summed E-state index contributed by atoms with van der Waals surface area (Å²) in [4.78, 5) is 0.958. The molecule has 0 saturated heterocycles. The molecule has 1 unspecified atom stereocenters. The zero-order valence-electron chi connectivity index (χ0n) is 11.5. The van der Waals surface area contributed by atoms with Gasteiger partial charge in [0.15, 0.2) is 9.84 Å². The third-order valence-corrected chi connectivity index (χ3v) is 6.24. The maximum absolute atomic E-state index is 12.6. The van der Waals surface area contributed by atoms with Gasteiger partial charge in [-0.2, -0.15) is 0 Å². The van der Waals surface area contributed by atoms with E-state index in [1.807, 2.05) is 6.92 Å². The molecule has 7 heteroatoms. The van der Waals surface area contributed by atoms with E-state index in [1.54, 1.807) is 38.1 Å². The molecule has 1 aromatic carbocycles. The van der Waals surface area contributed by atoms with Crippen molar-refractivity contribution in [3.63, 3.8) is 0 Å². The van der Waals surface area contributed by atoms with E-state index in [2.05, 4.69) is 9.59 Å². The van der Waals surface area contributed by atoms with Gasteiger partial charge in [0.2, 0.25) is 0 Å². The lowest BCUT2D eigenvalue weighted by Crippen LogP contribution is -2.10. The summed E-state index contributed by atoms with van der Waals surface area (Å²) in [5.41, 5.74) is 0.664. The first-order valence-corrected chi connectivity index (χ1v) is 8.54. The van der Waals surface area contributed by atoms with Crippen molar-refractivity contribution < 1.29 is 13.2 Å². The number of hydrogen-bond donors (Lipinski definition) is 0. The van der Waals surface area contributed by atoms with Crippen LogP contribution < -0.4 is 4.74 Å². The molecule has 5 nitrogen and oxygen atoms in total. The second-order valence-electron chi connectivity index (χ2n) is 4.31. The third-order valence-electron chi connectivity index (χ3n) is 2.98. The van der Waals surface area contributed by atoms with Crippen LogP contribution in [0.3, 0.4) is 0 Å². The van der Waals surface area contributed by atoms with Crippen molar-refractivity contribution in [1.82, 2.24) is 9.59 Å². The van der Waals surface area contributed by atoms with Gasteiger partial charge in [-0.25, -0.2) is 8.42 Å². The fourth-order valence-electron chi connectivity index (χ4n) is 1.85. The summed E-state index contributed by atoms with van der Waals surface area (Å²) in [6.07, 6.45) is 0. The average molecular weight is 312 g/mol. The fraction of sp³-hybridized carbons (Fsp3) is 0.385. The Kier molecular flexibility index (Phi) is 4.39. The van der Waals surface area contributed by atoms with E-state index in [4.69, 9.17) is 4.74 Å². The minimum absolute atomic E-state index is 0.279. The lowest BCUT2D eigenvalue weighted by atomic mass is 10.3. The molecule has 0 bridgehead atoms. The van der Waals surface area contributed by atoms with Crippen molar-refractivity contribution in [3.8, 4) is 5.75 Å². The van der Waals surface area contributed by atoms with E-state index < -0.39 is 15.1 Å². The van der Waals surface area contributed by atoms with E-state index in [-0.39, 0.29) is 4.90 Å². The lowest BCUT2D eigenvalue weighted by molar-refractivity contribution is 0.340. The molecule has 0 amide bonds. The van der Waals surface area contributed by atoms with Crippen LogP contribution in [0.25, 0.3) is 0 Å². The highest BCUT2D eigenvalue weighted by Gasteiger charge is 2.28. The molecule has 1 heterocycles. The van der Waals surface area contributed by atoms with Crippen LogP contribution in [0, 0.1) is 6.92 Å². The van der Waals surface area contributed by atoms with E-state index in [0.717, 1.165) is 11.5 Å². The number of rotatable bonds is 5. The van der Waals surface area contributed by atoms with Crippen LogP contribution in [0.5, 0.6) is 5.75 Å². The SMILES string of the molecule is CCOc1ccc(S(=O)(=O)C(C)c2snnc2C)cc1. The molecular formula is C13H16N2O3S2. The highest BCUT2D eigenvalue weighted by atomic mass is 32.2. The topological polar surface area (TPSA) is 69.2 Å². The van der Waals surface area contributed by atoms with Gasteiger partial charge in [0.25, 0.3) is 0 Å². The monoisotopic (exact) mass is 312 g/mol. The van der Waals surface area contributed by atoms with Crippen LogP contribution in [-0.2, 0) is 9.84 Å². The van der Waals surface area contributed by atoms with Crippen LogP contribution in [0.4, 0.5) is 0 Å². The fourth-order valence-corrected chi connectivity index (χ4v) is 4.30. The number of hydrogen-bond acceptors (Lipinski definition) is 6. The molecule has 0 aliphatic rings. The van der Waals surface area contributed by atoms with E-state index in [9.17, 15) is 8.42 Å². The van der Waals surface area contributed by atoms with E-state index >= 15 is 0 Å². The van der Waals surface area contributed by atoms with Gasteiger partial charge in [-0.05, 0) is 56.6 Å². The highest BCUT2D eigenvalue weighted by molar-refractivity contribution is 7.91. The second-order valence-corrected chi connectivity index (χ2v) is 7.37. The summed E-state index contributed by atoms with van der Waals surface area (Å²) in [6.45, 7) is 5.86. The zero-order chi connectivity index (χ0) is 14.8. The predicted molar refractivity (Wildman–Crippen MR) is 77.9 cm³/mol. The van der Waals surface area contributed by atoms with Crippen molar-refractivity contribution in [2.24, 2.45) is 0 Å². The molecular weight excluding hydrogens is 296 g/mol. The van der Waals surface area contributed by atoms with E-state index in [0.29, 0.717) is 22.9 Å². The Morgan fingerprint density at radius 2 is 1.95 bits per heavy atom. The third kappa shape index (κ3) is 2.83. The number of benzene rings is 1. The Hall–Kier alpha value is -1.47. The van der Waals surface area contributed by atoms with Gasteiger partial charge >= 0.3 is 0 Å². The summed E-state index contributed by atoms with van der Waals surface area (Å²) < 4.78 is 34.2. The summed E-state index contributed by atoms with van der Waals surface area (Å²) >= 11 is 1.13. The standard InChI is InChI=1S/C13H16N2O3S2/c1-4-18-11-5-7-12(8-6-11)20(16,17)10(3)13-9(2)14-15-19-13/h5-8,10H,4H2,1-3H3. The van der Waals surface area contributed by atoms with Gasteiger partial charge in [0.05, 0.1) is 22.1 Å². The van der Waals surface area contributed by atoms with Gasteiger partial charge in [0, 0.05) is 0 Å². The molecule has 0 radical (unpaired) electrons. The molecule has 2 rings (SSSR count). The van der Waals surface area contributed by atoms with Gasteiger partial charge in [-0.3, -0.25) is 0 Å². The predicted octanol–water partition coefficient (Wildman–Crippen LogP) is 2.78. The second kappa shape index (κ2) is 5.88. The molecule has 0 N–H and O–H groups in total. The maximum atomic E-state index is 12.6. The largest absolute Gasteiger partial charge is 0.494 e. The van der Waals surface area contributed by atoms with Gasteiger partial charge in [0.1, 0.15) is 11.0 Å². The van der Waals surface area contributed by atoms with Gasteiger partial charge < -0.3 is 4.74 Å². The zero-order valence-corrected chi connectivity index (χ0v) is 13.2. The molecule has 1 aromatic heterocycles. The molecule has 2 aromatic rings. The quantitative estimate of drug-likeness (QED) is 0.849. The van der Waals surface area contributed by atoms with Crippen LogP contribution in [0.15, 0.2) is 29.2 Å². The van der Waals surface area contributed by atoms with Gasteiger partial charge in [-0.1, -0.05) is 4.49 Å². The first kappa shape index (κ1) is 14.9. The normalized spacial score (nSPS) is 13.2. The van der Waals surface area contributed by atoms with Crippen LogP contribution in [0.1, 0.15) is 29.7 Å². The Bertz CT molecular complexity index is 678. The molecule has 0 aliphatic heterocycles. The molecule has 108 valence electrons. The lowest BCUT2D eigenvalue weighted by Gasteiger charge is -2.12. The van der Waals surface area contributed by atoms with E-state index in [1.165, 1.54) is 0 Å². The Morgan fingerprint density at radius 1 is 1.30 bits per heavy atom. The Balaban J connectivity index is 2.32. The van der Waals surface area contributed by atoms with Crippen molar-refractivity contribution in [2.75, 3.05) is 6.61 Å². The minimum atomic E-state index is -3.44. The Labute approximate surface area is 122 Å². The van der Waals surface area contributed by atoms with Crippen molar-refractivity contribution in [1.29, 1.82) is 0 Å². The number of sulfone groups is 1. The molecule has 20 heavy (non-hydrogen) atoms. The number of aromatic nitrogens is 2. The smallest absolute Gasteiger partial charge is 0.186 e. The summed E-state index contributed by atoms with van der Waals surface area (Å²) in [7, 11) is -3.44. The molecule has 0 saturated carbocycles. The Morgan fingerprint density at radius 3 is 2.45 bits per heavy atom. The van der Waals surface area contributed by atoms with Crippen LogP contribution in [0.2, 0.25) is 0 Å². The van der Waals surface area contributed by atoms with Crippen LogP contribution in [-0.4, -0.2) is 24.6 Å². The first-order chi connectivity index (χ1) is 9.46. The maximum Gasteiger partial charge on any atom is 0.186 e. The average Bonchev–Trinajstić information content (AvgIpc) is 2.85. The van der Waals surface area contributed by atoms with Gasteiger partial charge in [-0.15, -0.1) is 5.10 Å². The van der Waals surface area contributed by atoms with Crippen LogP contribution >= 0.6 is 11.5 Å². The summed E-state index contributed by atoms with van der Waals surface area (Å²) in [6, 6.07) is 6.48. The number of ether oxygens (including phenoxy) is 1. The van der Waals surface area contributed by atoms with Crippen molar-refractivity contribution in [3.05, 3.63) is 34.8 Å². The summed E-state index contributed by atoms with van der Waals surface area (Å²) in [5, 5.41) is 3.22. The summed E-state index contributed by atoms with van der Waals surface area (Å²) in [5.74, 6) is 0.662. The van der Waals surface area contributed by atoms with Crippen molar-refractivity contribution >= 4 is 21.4 Å². The molecule has 0 aliphatic carbocycles. The number of aryl methyl sites for hydroxylation is 1. The highest BCUT2D eigenvalue weighted by Crippen LogP contribution is 2.32. The first-order valence-electron chi connectivity index (χ1n) is 6.22. The molecule has 0 fully saturated rings. The molecule has 1 atom stereocenters. The number of nitrogens with zero attached hydrogens (tertiary/aromatic N) is 2. The minimum Gasteiger partial charge on any atom is -0.494 e. The van der Waals surface area contributed by atoms with Crippen molar-refractivity contribution in [2.45, 2.75) is 30.9 Å². The molecule has 0 spiro atoms.